The summed E-state index contributed by atoms with van der Waals surface area (Å²) >= 11 is 0. The van der Waals surface area contributed by atoms with Crippen LogP contribution in [-0.4, -0.2) is 42.5 Å². The summed E-state index contributed by atoms with van der Waals surface area (Å²) in [5, 5.41) is 3.18. The molecule has 4 nitrogen and oxygen atoms in total. The van der Waals surface area contributed by atoms with E-state index in [-0.39, 0.29) is 5.91 Å². The van der Waals surface area contributed by atoms with Crippen molar-refractivity contribution >= 4 is 5.91 Å². The number of likely N-dealkylation sites (N-methyl/N-ethyl adjacent to an activating group) is 1. The first kappa shape index (κ1) is 12.8. The third kappa shape index (κ3) is 2.47. The number of primary amides is 1. The number of nitrogens with zero attached hydrogens (tertiary/aromatic N) is 1. The van der Waals surface area contributed by atoms with Crippen LogP contribution < -0.4 is 11.1 Å². The number of nitrogens with one attached hydrogen (secondary N) is 1. The van der Waals surface area contributed by atoms with Crippen LogP contribution in [0.25, 0.3) is 0 Å². The summed E-state index contributed by atoms with van der Waals surface area (Å²) in [5.74, 6) is 0.617. The van der Waals surface area contributed by atoms with Crippen molar-refractivity contribution < 1.29 is 4.79 Å². The zero-order chi connectivity index (χ0) is 12.5. The maximum Gasteiger partial charge on any atom is 0.237 e. The molecule has 0 aromatic rings. The maximum absolute atomic E-state index is 11.7. The second kappa shape index (κ2) is 4.94. The van der Waals surface area contributed by atoms with Crippen LogP contribution in [0.4, 0.5) is 0 Å². The Hall–Kier alpha value is -0.610. The molecule has 2 rings (SSSR count). The van der Waals surface area contributed by atoms with E-state index >= 15 is 0 Å². The topological polar surface area (TPSA) is 58.4 Å². The van der Waals surface area contributed by atoms with Crippen LogP contribution in [0.3, 0.4) is 0 Å². The molecule has 3 unspecified atom stereocenters. The minimum absolute atomic E-state index is 0.183. The van der Waals surface area contributed by atoms with Crippen LogP contribution in [0.2, 0.25) is 0 Å². The number of rotatable bonds is 3. The summed E-state index contributed by atoms with van der Waals surface area (Å²) in [7, 11) is 1.86. The van der Waals surface area contributed by atoms with Gasteiger partial charge in [0.25, 0.3) is 0 Å². The Morgan fingerprint density at radius 3 is 2.76 bits per heavy atom. The lowest BCUT2D eigenvalue weighted by atomic mass is 9.78. The Balaban J connectivity index is 2.03. The number of nitrogens with two attached hydrogens (primary N) is 1. The van der Waals surface area contributed by atoms with E-state index in [4.69, 9.17) is 5.73 Å². The van der Waals surface area contributed by atoms with Crippen molar-refractivity contribution in [3.63, 3.8) is 0 Å². The summed E-state index contributed by atoms with van der Waals surface area (Å²) in [6.07, 6.45) is 5.37. The fourth-order valence-corrected chi connectivity index (χ4v) is 3.43. The van der Waals surface area contributed by atoms with Gasteiger partial charge in [-0.05, 0) is 51.6 Å². The van der Waals surface area contributed by atoms with E-state index < -0.39 is 5.54 Å². The van der Waals surface area contributed by atoms with Gasteiger partial charge in [-0.25, -0.2) is 0 Å². The number of hydrogen-bond donors (Lipinski definition) is 2. The molecule has 4 heteroatoms. The second-order valence-electron chi connectivity index (χ2n) is 5.84. The molecule has 0 radical (unpaired) electrons. The quantitative estimate of drug-likeness (QED) is 0.763. The predicted octanol–water partition coefficient (Wildman–Crippen LogP) is 0.714. The van der Waals surface area contributed by atoms with E-state index in [1.807, 2.05) is 7.05 Å². The zero-order valence-electron chi connectivity index (χ0n) is 11.0. The molecule has 2 aliphatic rings. The van der Waals surface area contributed by atoms with E-state index in [1.54, 1.807) is 0 Å². The normalized spacial score (nSPS) is 39.4. The largest absolute Gasteiger partial charge is 0.368 e. The number of carbonyl (C=O) groups is 1. The standard InChI is InChI=1S/C13H25N3O/c1-10-5-7-16(9-10)11-4-3-6-13(8-11,15-2)12(14)17/h10-11,15H,3-9H2,1-2H3,(H2,14,17). The van der Waals surface area contributed by atoms with E-state index in [2.05, 4.69) is 17.1 Å². The molecule has 0 bridgehead atoms. The molecule has 1 aliphatic heterocycles. The number of hydrogen-bond acceptors (Lipinski definition) is 3. The monoisotopic (exact) mass is 239 g/mol. The lowest BCUT2D eigenvalue weighted by Gasteiger charge is -2.41. The fourth-order valence-electron chi connectivity index (χ4n) is 3.43. The van der Waals surface area contributed by atoms with Gasteiger partial charge in [0.15, 0.2) is 0 Å². The summed E-state index contributed by atoms with van der Waals surface area (Å²) in [5.41, 5.74) is 5.12. The van der Waals surface area contributed by atoms with E-state index in [0.29, 0.717) is 6.04 Å². The highest BCUT2D eigenvalue weighted by molar-refractivity contribution is 5.84. The molecule has 1 saturated carbocycles. The van der Waals surface area contributed by atoms with Crippen molar-refractivity contribution in [1.82, 2.24) is 10.2 Å². The summed E-state index contributed by atoms with van der Waals surface area (Å²) in [6, 6.07) is 0.536. The first-order valence-electron chi connectivity index (χ1n) is 6.80. The molecule has 3 atom stereocenters. The van der Waals surface area contributed by atoms with Crippen LogP contribution in [0.5, 0.6) is 0 Å². The predicted molar refractivity (Wildman–Crippen MR) is 68.6 cm³/mol. The molecule has 1 heterocycles. The molecule has 1 amide bonds. The van der Waals surface area contributed by atoms with E-state index in [9.17, 15) is 4.79 Å². The minimum Gasteiger partial charge on any atom is -0.368 e. The summed E-state index contributed by atoms with van der Waals surface area (Å²) < 4.78 is 0. The van der Waals surface area contributed by atoms with Crippen molar-refractivity contribution in [1.29, 1.82) is 0 Å². The molecular formula is C13H25N3O. The smallest absolute Gasteiger partial charge is 0.237 e. The van der Waals surface area contributed by atoms with Gasteiger partial charge in [-0.1, -0.05) is 6.92 Å². The molecule has 0 aromatic heterocycles. The third-order valence-corrected chi connectivity index (χ3v) is 4.65. The van der Waals surface area contributed by atoms with Crippen LogP contribution in [0, 0.1) is 5.92 Å². The van der Waals surface area contributed by atoms with Gasteiger partial charge in [-0.3, -0.25) is 4.79 Å². The van der Waals surface area contributed by atoms with Gasteiger partial charge in [0.1, 0.15) is 0 Å². The van der Waals surface area contributed by atoms with Gasteiger partial charge in [-0.15, -0.1) is 0 Å². The van der Waals surface area contributed by atoms with Crippen molar-refractivity contribution in [2.75, 3.05) is 20.1 Å². The minimum atomic E-state index is -0.464. The Labute approximate surface area is 104 Å². The van der Waals surface area contributed by atoms with Crippen molar-refractivity contribution in [3.8, 4) is 0 Å². The van der Waals surface area contributed by atoms with E-state index in [1.165, 1.54) is 25.9 Å². The maximum atomic E-state index is 11.7. The molecule has 0 spiro atoms. The van der Waals surface area contributed by atoms with Crippen molar-refractivity contribution in [2.45, 2.75) is 50.6 Å². The Morgan fingerprint density at radius 2 is 2.24 bits per heavy atom. The highest BCUT2D eigenvalue weighted by Gasteiger charge is 2.42. The number of likely N-dealkylation sites (tertiary alicyclic amines) is 1. The van der Waals surface area contributed by atoms with Gasteiger partial charge in [-0.2, -0.15) is 0 Å². The highest BCUT2D eigenvalue weighted by atomic mass is 16.1. The van der Waals surface area contributed by atoms with E-state index in [0.717, 1.165) is 25.2 Å². The second-order valence-corrected chi connectivity index (χ2v) is 5.84. The molecule has 1 saturated heterocycles. The summed E-state index contributed by atoms with van der Waals surface area (Å²) in [6.45, 7) is 4.68. The van der Waals surface area contributed by atoms with Gasteiger partial charge >= 0.3 is 0 Å². The lowest BCUT2D eigenvalue weighted by Crippen LogP contribution is -2.59. The molecule has 2 fully saturated rings. The van der Waals surface area contributed by atoms with Crippen LogP contribution in [-0.2, 0) is 4.79 Å². The number of carbonyl (C=O) groups excluding carboxylic acids is 1. The average Bonchev–Trinajstić information content (AvgIpc) is 2.76. The number of amides is 1. The zero-order valence-corrected chi connectivity index (χ0v) is 11.0. The first-order valence-corrected chi connectivity index (χ1v) is 6.80. The summed E-state index contributed by atoms with van der Waals surface area (Å²) in [4.78, 5) is 14.2. The average molecular weight is 239 g/mol. The first-order chi connectivity index (χ1) is 8.07. The van der Waals surface area contributed by atoms with Gasteiger partial charge in [0, 0.05) is 12.6 Å². The Kier molecular flexibility index (Phi) is 3.73. The molecule has 3 N–H and O–H groups in total. The highest BCUT2D eigenvalue weighted by Crippen LogP contribution is 2.33. The Morgan fingerprint density at radius 1 is 1.47 bits per heavy atom. The van der Waals surface area contributed by atoms with Gasteiger partial charge < -0.3 is 16.0 Å². The Bertz CT molecular complexity index is 294. The molecule has 0 aromatic carbocycles. The fraction of sp³-hybridized carbons (Fsp3) is 0.923. The van der Waals surface area contributed by atoms with Crippen molar-refractivity contribution in [2.24, 2.45) is 11.7 Å². The molecule has 98 valence electrons. The van der Waals surface area contributed by atoms with Crippen LogP contribution >= 0.6 is 0 Å². The molecule has 17 heavy (non-hydrogen) atoms. The van der Waals surface area contributed by atoms with Gasteiger partial charge in [0.05, 0.1) is 5.54 Å². The van der Waals surface area contributed by atoms with Gasteiger partial charge in [0.2, 0.25) is 5.91 Å². The lowest BCUT2D eigenvalue weighted by molar-refractivity contribution is -0.126. The SMILES string of the molecule is CNC1(C(N)=O)CCCC(N2CCC(C)C2)C1. The van der Waals surface area contributed by atoms with Crippen molar-refractivity contribution in [3.05, 3.63) is 0 Å². The molecular weight excluding hydrogens is 214 g/mol. The van der Waals surface area contributed by atoms with Crippen LogP contribution in [0.1, 0.15) is 39.0 Å². The molecule has 1 aliphatic carbocycles. The third-order valence-electron chi connectivity index (χ3n) is 4.65. The van der Waals surface area contributed by atoms with Crippen LogP contribution in [0.15, 0.2) is 0 Å².